The van der Waals surface area contributed by atoms with Gasteiger partial charge in [0, 0.05) is 26.7 Å². The summed E-state index contributed by atoms with van der Waals surface area (Å²) in [5.74, 6) is 0.772. The third-order valence-corrected chi connectivity index (χ3v) is 2.78. The van der Waals surface area contributed by atoms with Gasteiger partial charge in [0.2, 0.25) is 5.91 Å². The number of likely N-dealkylation sites (N-methyl/N-ethyl adjacent to an activating group) is 2. The normalized spacial score (nSPS) is 10.0. The average Bonchev–Trinajstić information content (AvgIpc) is 2.36. The van der Waals surface area contributed by atoms with Gasteiger partial charge in [0.25, 0.3) is 0 Å². The monoisotopic (exact) mass is 251 g/mol. The van der Waals surface area contributed by atoms with Gasteiger partial charge in [-0.05, 0) is 19.1 Å². The first-order chi connectivity index (χ1) is 8.49. The van der Waals surface area contributed by atoms with E-state index in [4.69, 9.17) is 10.5 Å². The summed E-state index contributed by atoms with van der Waals surface area (Å²) >= 11 is 0. The van der Waals surface area contributed by atoms with E-state index in [9.17, 15) is 4.79 Å². The zero-order chi connectivity index (χ0) is 13.7. The Morgan fingerprint density at radius 3 is 2.56 bits per heavy atom. The Kier molecular flexibility index (Phi) is 4.83. The number of nitrogen functional groups attached to an aromatic ring is 1. The summed E-state index contributed by atoms with van der Waals surface area (Å²) in [6.45, 7) is 3.00. The zero-order valence-electron chi connectivity index (χ0n) is 11.4. The van der Waals surface area contributed by atoms with Crippen molar-refractivity contribution in [3.05, 3.63) is 18.2 Å². The van der Waals surface area contributed by atoms with Crippen LogP contribution in [0, 0.1) is 0 Å². The van der Waals surface area contributed by atoms with E-state index in [1.54, 1.807) is 38.2 Å². The molecule has 1 aromatic carbocycles. The number of carbonyl (C=O) groups is 1. The van der Waals surface area contributed by atoms with Crippen LogP contribution in [0.1, 0.15) is 6.92 Å². The second-order valence-electron chi connectivity index (χ2n) is 4.23. The molecule has 18 heavy (non-hydrogen) atoms. The fourth-order valence-corrected chi connectivity index (χ4v) is 1.60. The molecule has 0 aliphatic carbocycles. The quantitative estimate of drug-likeness (QED) is 0.799. The number of hydrogen-bond donors (Lipinski definition) is 1. The van der Waals surface area contributed by atoms with Gasteiger partial charge < -0.3 is 20.3 Å². The van der Waals surface area contributed by atoms with Crippen LogP contribution in [0.3, 0.4) is 0 Å². The summed E-state index contributed by atoms with van der Waals surface area (Å²) in [6, 6.07) is 5.44. The van der Waals surface area contributed by atoms with Crippen LogP contribution in [-0.2, 0) is 4.79 Å². The molecular weight excluding hydrogens is 230 g/mol. The highest BCUT2D eigenvalue weighted by molar-refractivity contribution is 5.83. The van der Waals surface area contributed by atoms with E-state index >= 15 is 0 Å². The van der Waals surface area contributed by atoms with Crippen LogP contribution in [0.15, 0.2) is 18.2 Å². The summed E-state index contributed by atoms with van der Waals surface area (Å²) in [5, 5.41) is 0. The van der Waals surface area contributed by atoms with Gasteiger partial charge in [-0.25, -0.2) is 0 Å². The SMILES string of the molecule is CCN(CC(=O)N(C)C)c1cc(OC)ccc1N. The molecule has 0 saturated carbocycles. The first kappa shape index (κ1) is 14.2. The molecule has 2 N–H and O–H groups in total. The first-order valence-electron chi connectivity index (χ1n) is 5.88. The van der Waals surface area contributed by atoms with Crippen molar-refractivity contribution in [2.75, 3.05) is 44.9 Å². The molecule has 0 saturated heterocycles. The van der Waals surface area contributed by atoms with Gasteiger partial charge >= 0.3 is 0 Å². The number of ether oxygens (including phenoxy) is 1. The summed E-state index contributed by atoms with van der Waals surface area (Å²) in [5.41, 5.74) is 7.42. The fraction of sp³-hybridized carbons (Fsp3) is 0.462. The molecule has 0 radical (unpaired) electrons. The van der Waals surface area contributed by atoms with E-state index in [0.717, 1.165) is 11.4 Å². The molecule has 5 nitrogen and oxygen atoms in total. The second-order valence-corrected chi connectivity index (χ2v) is 4.23. The van der Waals surface area contributed by atoms with Crippen molar-refractivity contribution in [1.82, 2.24) is 4.90 Å². The van der Waals surface area contributed by atoms with Crippen molar-refractivity contribution in [3.8, 4) is 5.75 Å². The van der Waals surface area contributed by atoms with Crippen LogP contribution in [-0.4, -0.2) is 45.1 Å². The number of nitrogens with two attached hydrogens (primary N) is 1. The van der Waals surface area contributed by atoms with Crippen molar-refractivity contribution in [3.63, 3.8) is 0 Å². The number of anilines is 2. The van der Waals surface area contributed by atoms with Crippen molar-refractivity contribution in [1.29, 1.82) is 0 Å². The van der Waals surface area contributed by atoms with Crippen molar-refractivity contribution < 1.29 is 9.53 Å². The number of amides is 1. The predicted molar refractivity (Wildman–Crippen MR) is 74.0 cm³/mol. The molecule has 0 bridgehead atoms. The zero-order valence-corrected chi connectivity index (χ0v) is 11.4. The highest BCUT2D eigenvalue weighted by Crippen LogP contribution is 2.27. The lowest BCUT2D eigenvalue weighted by molar-refractivity contribution is -0.127. The van der Waals surface area contributed by atoms with E-state index < -0.39 is 0 Å². The van der Waals surface area contributed by atoms with Crippen LogP contribution in [0.4, 0.5) is 11.4 Å². The number of nitrogens with zero attached hydrogens (tertiary/aromatic N) is 2. The maximum atomic E-state index is 11.8. The maximum absolute atomic E-state index is 11.8. The lowest BCUT2D eigenvalue weighted by Crippen LogP contribution is -2.36. The van der Waals surface area contributed by atoms with E-state index in [1.807, 2.05) is 17.9 Å². The van der Waals surface area contributed by atoms with Gasteiger partial charge in [-0.3, -0.25) is 4.79 Å². The Morgan fingerprint density at radius 2 is 2.06 bits per heavy atom. The summed E-state index contributed by atoms with van der Waals surface area (Å²) < 4.78 is 5.18. The van der Waals surface area contributed by atoms with Gasteiger partial charge in [0.05, 0.1) is 25.0 Å². The number of carbonyl (C=O) groups excluding carboxylic acids is 1. The molecule has 1 amide bonds. The largest absolute Gasteiger partial charge is 0.497 e. The molecule has 0 aliphatic heterocycles. The third kappa shape index (κ3) is 3.29. The van der Waals surface area contributed by atoms with E-state index in [2.05, 4.69) is 0 Å². The predicted octanol–water partition coefficient (Wildman–Crippen LogP) is 1.19. The number of rotatable bonds is 5. The van der Waals surface area contributed by atoms with Gasteiger partial charge in [-0.15, -0.1) is 0 Å². The lowest BCUT2D eigenvalue weighted by Gasteiger charge is -2.25. The molecule has 5 heteroatoms. The molecule has 1 aromatic rings. The minimum Gasteiger partial charge on any atom is -0.497 e. The molecular formula is C13H21N3O2. The molecule has 0 heterocycles. The fourth-order valence-electron chi connectivity index (χ4n) is 1.60. The number of methoxy groups -OCH3 is 1. The highest BCUT2D eigenvalue weighted by Gasteiger charge is 2.14. The van der Waals surface area contributed by atoms with E-state index in [1.165, 1.54) is 0 Å². The van der Waals surface area contributed by atoms with Crippen LogP contribution >= 0.6 is 0 Å². The molecule has 0 aliphatic rings. The lowest BCUT2D eigenvalue weighted by atomic mass is 10.2. The van der Waals surface area contributed by atoms with Crippen LogP contribution in [0.5, 0.6) is 5.75 Å². The topological polar surface area (TPSA) is 58.8 Å². The molecule has 0 unspecified atom stereocenters. The minimum absolute atomic E-state index is 0.0408. The summed E-state index contributed by atoms with van der Waals surface area (Å²) in [4.78, 5) is 15.3. The van der Waals surface area contributed by atoms with E-state index in [-0.39, 0.29) is 5.91 Å². The Hall–Kier alpha value is -1.91. The Balaban J connectivity index is 2.97. The number of benzene rings is 1. The average molecular weight is 251 g/mol. The van der Waals surface area contributed by atoms with Crippen LogP contribution < -0.4 is 15.4 Å². The molecule has 1 rings (SSSR count). The molecule has 100 valence electrons. The Morgan fingerprint density at radius 1 is 1.39 bits per heavy atom. The van der Waals surface area contributed by atoms with Gasteiger partial charge in [0.15, 0.2) is 0 Å². The summed E-state index contributed by atoms with van der Waals surface area (Å²) in [7, 11) is 5.09. The van der Waals surface area contributed by atoms with Crippen LogP contribution in [0.2, 0.25) is 0 Å². The Labute approximate surface area is 108 Å². The molecule has 0 spiro atoms. The highest BCUT2D eigenvalue weighted by atomic mass is 16.5. The number of hydrogen-bond acceptors (Lipinski definition) is 4. The molecule has 0 atom stereocenters. The summed E-state index contributed by atoms with van der Waals surface area (Å²) in [6.07, 6.45) is 0. The van der Waals surface area contributed by atoms with Crippen molar-refractivity contribution in [2.24, 2.45) is 0 Å². The van der Waals surface area contributed by atoms with Gasteiger partial charge in [-0.2, -0.15) is 0 Å². The maximum Gasteiger partial charge on any atom is 0.241 e. The van der Waals surface area contributed by atoms with E-state index in [0.29, 0.717) is 18.8 Å². The second kappa shape index (κ2) is 6.14. The van der Waals surface area contributed by atoms with Gasteiger partial charge in [0.1, 0.15) is 5.75 Å². The molecule has 0 fully saturated rings. The van der Waals surface area contributed by atoms with Crippen LogP contribution in [0.25, 0.3) is 0 Å². The third-order valence-electron chi connectivity index (χ3n) is 2.78. The molecule has 0 aromatic heterocycles. The van der Waals surface area contributed by atoms with Crippen molar-refractivity contribution in [2.45, 2.75) is 6.92 Å². The smallest absolute Gasteiger partial charge is 0.241 e. The first-order valence-corrected chi connectivity index (χ1v) is 5.88. The Bertz CT molecular complexity index is 419. The van der Waals surface area contributed by atoms with Crippen molar-refractivity contribution >= 4 is 17.3 Å². The standard InChI is InChI=1S/C13H21N3O2/c1-5-16(9-13(17)15(2)3)12-8-10(18-4)6-7-11(12)14/h6-8H,5,9,14H2,1-4H3. The minimum atomic E-state index is 0.0408. The van der Waals surface area contributed by atoms with Gasteiger partial charge in [-0.1, -0.05) is 0 Å².